The Morgan fingerprint density at radius 2 is 1.76 bits per heavy atom. The van der Waals surface area contributed by atoms with Gasteiger partial charge in [0.2, 0.25) is 5.95 Å². The molecular weight excluding hydrogens is 362 g/mol. The van der Waals surface area contributed by atoms with E-state index in [-0.39, 0.29) is 5.91 Å². The normalized spacial score (nSPS) is 13.3. The van der Waals surface area contributed by atoms with E-state index in [4.69, 9.17) is 0 Å². The van der Waals surface area contributed by atoms with Crippen molar-refractivity contribution in [3.05, 3.63) is 72.6 Å². The molecule has 2 heterocycles. The summed E-state index contributed by atoms with van der Waals surface area (Å²) in [5, 5.41) is 2.93. The van der Waals surface area contributed by atoms with Gasteiger partial charge in [0.1, 0.15) is 5.69 Å². The van der Waals surface area contributed by atoms with Gasteiger partial charge in [-0.2, -0.15) is 0 Å². The summed E-state index contributed by atoms with van der Waals surface area (Å²) in [7, 11) is 0. The first kappa shape index (κ1) is 18.9. The van der Waals surface area contributed by atoms with E-state index in [2.05, 4.69) is 32.3 Å². The van der Waals surface area contributed by atoms with Crippen molar-refractivity contribution in [1.82, 2.24) is 9.97 Å². The zero-order valence-corrected chi connectivity index (χ0v) is 16.6. The fourth-order valence-corrected chi connectivity index (χ4v) is 3.58. The Bertz CT molecular complexity index is 953. The van der Waals surface area contributed by atoms with Crippen molar-refractivity contribution in [3.63, 3.8) is 0 Å². The van der Waals surface area contributed by atoms with Gasteiger partial charge in [0.15, 0.2) is 0 Å². The van der Waals surface area contributed by atoms with E-state index in [0.717, 1.165) is 24.5 Å². The quantitative estimate of drug-likeness (QED) is 0.675. The predicted octanol–water partition coefficient (Wildman–Crippen LogP) is 4.49. The van der Waals surface area contributed by atoms with Crippen LogP contribution in [0.4, 0.5) is 23.0 Å². The minimum Gasteiger partial charge on any atom is -0.372 e. The molecule has 1 aliphatic rings. The van der Waals surface area contributed by atoms with Gasteiger partial charge in [-0.3, -0.25) is 4.79 Å². The molecule has 0 spiro atoms. The summed E-state index contributed by atoms with van der Waals surface area (Å²) in [6.45, 7) is 4.94. The highest BCUT2D eigenvalue weighted by Crippen LogP contribution is 2.23. The first-order valence-corrected chi connectivity index (χ1v) is 10.1. The second-order valence-corrected chi connectivity index (χ2v) is 7.02. The summed E-state index contributed by atoms with van der Waals surface area (Å²) < 4.78 is 0. The zero-order valence-electron chi connectivity index (χ0n) is 16.6. The molecule has 1 saturated heterocycles. The van der Waals surface area contributed by atoms with E-state index in [9.17, 15) is 4.79 Å². The lowest BCUT2D eigenvalue weighted by molar-refractivity contribution is 0.102. The van der Waals surface area contributed by atoms with Gasteiger partial charge in [0.05, 0.1) is 0 Å². The smallest absolute Gasteiger partial charge is 0.274 e. The van der Waals surface area contributed by atoms with Crippen LogP contribution in [0.25, 0.3) is 0 Å². The largest absolute Gasteiger partial charge is 0.372 e. The van der Waals surface area contributed by atoms with Crippen LogP contribution >= 0.6 is 0 Å². The number of nitrogens with zero attached hydrogens (tertiary/aromatic N) is 4. The Hall–Kier alpha value is -3.41. The number of nitrogens with one attached hydrogen (secondary N) is 1. The monoisotopic (exact) mass is 387 g/mol. The van der Waals surface area contributed by atoms with Crippen molar-refractivity contribution in [2.45, 2.75) is 19.8 Å². The van der Waals surface area contributed by atoms with E-state index in [1.165, 1.54) is 18.5 Å². The van der Waals surface area contributed by atoms with Gasteiger partial charge < -0.3 is 15.1 Å². The van der Waals surface area contributed by atoms with Crippen LogP contribution in [-0.2, 0) is 0 Å². The van der Waals surface area contributed by atoms with Crippen molar-refractivity contribution < 1.29 is 4.79 Å². The molecule has 0 radical (unpaired) electrons. The van der Waals surface area contributed by atoms with Crippen LogP contribution in [0.2, 0.25) is 0 Å². The van der Waals surface area contributed by atoms with Crippen LogP contribution in [0.1, 0.15) is 30.3 Å². The van der Waals surface area contributed by atoms with Crippen molar-refractivity contribution in [2.75, 3.05) is 34.8 Å². The maximum Gasteiger partial charge on any atom is 0.274 e. The molecule has 1 fully saturated rings. The SMILES string of the molecule is CCN(c1ccccc1)c1nccc(C(=O)Nc2ccc(N3CCCC3)cc2)n1. The third-order valence-corrected chi connectivity index (χ3v) is 5.10. The van der Waals surface area contributed by atoms with Crippen LogP contribution in [0.5, 0.6) is 0 Å². The number of para-hydroxylation sites is 1. The van der Waals surface area contributed by atoms with Gasteiger partial charge >= 0.3 is 0 Å². The molecule has 2 aromatic carbocycles. The molecule has 29 heavy (non-hydrogen) atoms. The molecular formula is C23H25N5O. The van der Waals surface area contributed by atoms with Crippen LogP contribution in [-0.4, -0.2) is 35.5 Å². The molecule has 0 bridgehead atoms. The van der Waals surface area contributed by atoms with Crippen molar-refractivity contribution in [3.8, 4) is 0 Å². The molecule has 0 unspecified atom stereocenters. The van der Waals surface area contributed by atoms with E-state index in [1.807, 2.05) is 54.3 Å². The standard InChI is InChI=1S/C23H25N5O/c1-2-28(20-8-4-3-5-9-20)23-24-15-14-21(26-23)22(29)25-18-10-12-19(13-11-18)27-16-6-7-17-27/h3-5,8-15H,2,6-7,16-17H2,1H3,(H,25,29). The van der Waals surface area contributed by atoms with Crippen LogP contribution < -0.4 is 15.1 Å². The molecule has 0 saturated carbocycles. The fourth-order valence-electron chi connectivity index (χ4n) is 3.58. The molecule has 4 rings (SSSR count). The Morgan fingerprint density at radius 1 is 1.03 bits per heavy atom. The molecule has 1 amide bonds. The Morgan fingerprint density at radius 3 is 2.45 bits per heavy atom. The summed E-state index contributed by atoms with van der Waals surface area (Å²) >= 11 is 0. The summed E-state index contributed by atoms with van der Waals surface area (Å²) in [6.07, 6.45) is 4.11. The number of aromatic nitrogens is 2. The second-order valence-electron chi connectivity index (χ2n) is 7.02. The van der Waals surface area contributed by atoms with Gasteiger partial charge in [0.25, 0.3) is 5.91 Å². The van der Waals surface area contributed by atoms with Gasteiger partial charge in [-0.25, -0.2) is 9.97 Å². The van der Waals surface area contributed by atoms with E-state index >= 15 is 0 Å². The zero-order chi connectivity index (χ0) is 20.1. The van der Waals surface area contributed by atoms with E-state index in [0.29, 0.717) is 18.2 Å². The van der Waals surface area contributed by atoms with Crippen LogP contribution in [0.15, 0.2) is 66.9 Å². The fraction of sp³-hybridized carbons (Fsp3) is 0.261. The summed E-state index contributed by atoms with van der Waals surface area (Å²) in [6, 6.07) is 19.5. The third kappa shape index (κ3) is 4.37. The van der Waals surface area contributed by atoms with Gasteiger partial charge in [0, 0.05) is 42.9 Å². The molecule has 0 atom stereocenters. The minimum atomic E-state index is -0.244. The molecule has 6 heteroatoms. The number of benzene rings is 2. The van der Waals surface area contributed by atoms with E-state index < -0.39 is 0 Å². The molecule has 3 aromatic rings. The Balaban J connectivity index is 1.48. The molecule has 6 nitrogen and oxygen atoms in total. The Labute approximate surface area is 171 Å². The molecule has 0 aliphatic carbocycles. The number of carbonyl (C=O) groups excluding carboxylic acids is 1. The van der Waals surface area contributed by atoms with Gasteiger partial charge in [-0.05, 0) is 62.2 Å². The number of carbonyl (C=O) groups is 1. The van der Waals surface area contributed by atoms with Crippen LogP contribution in [0, 0.1) is 0 Å². The lowest BCUT2D eigenvalue weighted by atomic mass is 10.2. The highest BCUT2D eigenvalue weighted by molar-refractivity contribution is 6.03. The van der Waals surface area contributed by atoms with Crippen molar-refractivity contribution in [1.29, 1.82) is 0 Å². The first-order valence-electron chi connectivity index (χ1n) is 10.1. The summed E-state index contributed by atoms with van der Waals surface area (Å²) in [5.41, 5.74) is 3.29. The maximum atomic E-state index is 12.7. The average Bonchev–Trinajstić information content (AvgIpc) is 3.31. The lowest BCUT2D eigenvalue weighted by Gasteiger charge is -2.21. The predicted molar refractivity (Wildman–Crippen MR) is 117 cm³/mol. The van der Waals surface area contributed by atoms with Gasteiger partial charge in [-0.1, -0.05) is 18.2 Å². The number of amides is 1. The molecule has 1 aliphatic heterocycles. The number of rotatable bonds is 6. The molecule has 1 aromatic heterocycles. The minimum absolute atomic E-state index is 0.244. The van der Waals surface area contributed by atoms with Crippen LogP contribution in [0.3, 0.4) is 0 Å². The summed E-state index contributed by atoms with van der Waals surface area (Å²) in [4.78, 5) is 25.9. The highest BCUT2D eigenvalue weighted by atomic mass is 16.1. The van der Waals surface area contributed by atoms with Crippen molar-refractivity contribution in [2.24, 2.45) is 0 Å². The average molecular weight is 387 g/mol. The van der Waals surface area contributed by atoms with Crippen molar-refractivity contribution >= 4 is 28.9 Å². The Kier molecular flexibility index (Phi) is 5.70. The lowest BCUT2D eigenvalue weighted by Crippen LogP contribution is -2.21. The first-order chi connectivity index (χ1) is 14.2. The number of hydrogen-bond acceptors (Lipinski definition) is 5. The number of hydrogen-bond donors (Lipinski definition) is 1. The molecule has 1 N–H and O–H groups in total. The number of anilines is 4. The van der Waals surface area contributed by atoms with E-state index in [1.54, 1.807) is 12.3 Å². The third-order valence-electron chi connectivity index (χ3n) is 5.10. The molecule has 148 valence electrons. The summed E-state index contributed by atoms with van der Waals surface area (Å²) in [5.74, 6) is 0.266. The maximum absolute atomic E-state index is 12.7. The second kappa shape index (κ2) is 8.73. The topological polar surface area (TPSA) is 61.4 Å². The highest BCUT2D eigenvalue weighted by Gasteiger charge is 2.15. The van der Waals surface area contributed by atoms with Gasteiger partial charge in [-0.15, -0.1) is 0 Å².